The molecule has 17 heavy (non-hydrogen) atoms. The minimum atomic E-state index is -3.80. The Morgan fingerprint density at radius 2 is 1.76 bits per heavy atom. The summed E-state index contributed by atoms with van der Waals surface area (Å²) in [7, 11) is 1.40. The lowest BCUT2D eigenvalue weighted by Gasteiger charge is -2.04. The van der Waals surface area contributed by atoms with Crippen LogP contribution in [-0.4, -0.2) is 13.4 Å². The van der Waals surface area contributed by atoms with Crippen LogP contribution in [0.4, 0.5) is 0 Å². The summed E-state index contributed by atoms with van der Waals surface area (Å²) in [4.78, 5) is 3.91. The Morgan fingerprint density at radius 3 is 2.29 bits per heavy atom. The van der Waals surface area contributed by atoms with Gasteiger partial charge in [0.1, 0.15) is 4.90 Å². The van der Waals surface area contributed by atoms with Gasteiger partial charge in [0.15, 0.2) is 0 Å². The summed E-state index contributed by atoms with van der Waals surface area (Å²) < 4.78 is 22.2. The molecule has 0 saturated carbocycles. The molecule has 0 N–H and O–H groups in total. The molecule has 0 unspecified atom stereocenters. The van der Waals surface area contributed by atoms with Crippen molar-refractivity contribution in [2.24, 2.45) is 0 Å². The molecule has 0 radical (unpaired) electrons. The van der Waals surface area contributed by atoms with Crippen LogP contribution in [0.15, 0.2) is 47.5 Å². The van der Waals surface area contributed by atoms with Crippen LogP contribution in [0.2, 0.25) is 5.02 Å². The lowest BCUT2D eigenvalue weighted by Crippen LogP contribution is -1.94. The topological polar surface area (TPSA) is 47.0 Å². The van der Waals surface area contributed by atoms with Crippen LogP contribution in [0.25, 0.3) is 11.3 Å². The molecule has 1 aromatic heterocycles. The summed E-state index contributed by atoms with van der Waals surface area (Å²) in [5.74, 6) is 0. The number of pyridine rings is 1. The zero-order chi connectivity index (χ0) is 12.5. The molecular weight excluding hydrogens is 281 g/mol. The highest BCUT2D eigenvalue weighted by Crippen LogP contribution is 2.28. The Kier molecular flexibility index (Phi) is 3.38. The molecule has 88 valence electrons. The number of hydrogen-bond donors (Lipinski definition) is 0. The maximum atomic E-state index is 11.1. The molecule has 3 nitrogen and oxygen atoms in total. The van der Waals surface area contributed by atoms with E-state index in [1.54, 1.807) is 0 Å². The van der Waals surface area contributed by atoms with Crippen molar-refractivity contribution in [1.29, 1.82) is 0 Å². The number of rotatable bonds is 2. The molecule has 0 saturated heterocycles. The highest BCUT2D eigenvalue weighted by atomic mass is 35.7. The summed E-state index contributed by atoms with van der Waals surface area (Å²) >= 11 is 5.98. The lowest BCUT2D eigenvalue weighted by atomic mass is 10.1. The Hall–Kier alpha value is -1.10. The van der Waals surface area contributed by atoms with Gasteiger partial charge in [-0.1, -0.05) is 41.9 Å². The molecule has 0 aliphatic heterocycles. The summed E-state index contributed by atoms with van der Waals surface area (Å²) in [5.41, 5.74) is 1.34. The van der Waals surface area contributed by atoms with Gasteiger partial charge >= 0.3 is 0 Å². The van der Waals surface area contributed by atoms with Crippen molar-refractivity contribution < 1.29 is 8.42 Å². The van der Waals surface area contributed by atoms with Crippen molar-refractivity contribution >= 4 is 31.3 Å². The van der Waals surface area contributed by atoms with Crippen molar-refractivity contribution in [2.45, 2.75) is 4.90 Å². The summed E-state index contributed by atoms with van der Waals surface area (Å²) in [6.45, 7) is 0. The van der Waals surface area contributed by atoms with E-state index >= 15 is 0 Å². The molecule has 2 aromatic rings. The van der Waals surface area contributed by atoms with Crippen molar-refractivity contribution in [3.05, 3.63) is 47.6 Å². The Bertz CT molecular complexity index is 642. The van der Waals surface area contributed by atoms with Crippen LogP contribution in [0.1, 0.15) is 0 Å². The SMILES string of the molecule is O=S(=O)(Cl)c1cnc(-c2ccccc2)c(Cl)c1. The molecule has 0 spiro atoms. The molecule has 1 aromatic carbocycles. The van der Waals surface area contributed by atoms with E-state index in [1.165, 1.54) is 12.3 Å². The van der Waals surface area contributed by atoms with E-state index in [0.717, 1.165) is 5.56 Å². The van der Waals surface area contributed by atoms with E-state index < -0.39 is 9.05 Å². The van der Waals surface area contributed by atoms with Crippen LogP contribution in [-0.2, 0) is 9.05 Å². The van der Waals surface area contributed by atoms with Crippen LogP contribution in [0, 0.1) is 0 Å². The van der Waals surface area contributed by atoms with Crippen molar-refractivity contribution in [3.63, 3.8) is 0 Å². The third-order valence-electron chi connectivity index (χ3n) is 2.14. The van der Waals surface area contributed by atoms with Gasteiger partial charge in [-0.05, 0) is 6.07 Å². The summed E-state index contributed by atoms with van der Waals surface area (Å²) in [6.07, 6.45) is 1.19. The van der Waals surface area contributed by atoms with Gasteiger partial charge in [0.05, 0.1) is 10.7 Å². The number of aromatic nitrogens is 1. The summed E-state index contributed by atoms with van der Waals surface area (Å²) in [6, 6.07) is 10.5. The second-order valence-electron chi connectivity index (χ2n) is 3.31. The van der Waals surface area contributed by atoms with E-state index in [1.807, 2.05) is 30.3 Å². The fraction of sp³-hybridized carbons (Fsp3) is 0. The second kappa shape index (κ2) is 4.64. The predicted molar refractivity (Wildman–Crippen MR) is 67.7 cm³/mol. The first-order valence-corrected chi connectivity index (χ1v) is 7.33. The molecule has 0 aliphatic carbocycles. The average molecular weight is 288 g/mol. The van der Waals surface area contributed by atoms with Gasteiger partial charge in [0.25, 0.3) is 9.05 Å². The van der Waals surface area contributed by atoms with Crippen molar-refractivity contribution in [1.82, 2.24) is 4.98 Å². The molecule has 6 heteroatoms. The number of halogens is 2. The van der Waals surface area contributed by atoms with Crippen molar-refractivity contribution in [3.8, 4) is 11.3 Å². The molecule has 0 fully saturated rings. The van der Waals surface area contributed by atoms with Gasteiger partial charge in [-0.2, -0.15) is 0 Å². The largest absolute Gasteiger partial charge is 0.262 e. The normalized spacial score (nSPS) is 11.4. The first-order valence-electron chi connectivity index (χ1n) is 4.64. The predicted octanol–water partition coefficient (Wildman–Crippen LogP) is 3.33. The average Bonchev–Trinajstić information content (AvgIpc) is 2.29. The Morgan fingerprint density at radius 1 is 1.12 bits per heavy atom. The number of benzene rings is 1. The Labute approximate surface area is 108 Å². The minimum Gasteiger partial charge on any atom is -0.253 e. The van der Waals surface area contributed by atoms with Gasteiger partial charge in [-0.3, -0.25) is 4.98 Å². The van der Waals surface area contributed by atoms with Gasteiger partial charge in [-0.25, -0.2) is 8.42 Å². The third-order valence-corrected chi connectivity index (χ3v) is 3.75. The van der Waals surface area contributed by atoms with Gasteiger partial charge in [0.2, 0.25) is 0 Å². The zero-order valence-electron chi connectivity index (χ0n) is 8.47. The quantitative estimate of drug-likeness (QED) is 0.796. The lowest BCUT2D eigenvalue weighted by molar-refractivity contribution is 0.609. The molecule has 1 heterocycles. The fourth-order valence-corrected chi connectivity index (χ4v) is 2.39. The molecule has 0 bridgehead atoms. The van der Waals surface area contributed by atoms with Crippen molar-refractivity contribution in [2.75, 3.05) is 0 Å². The molecule has 0 aliphatic rings. The maximum absolute atomic E-state index is 11.1. The molecule has 0 atom stereocenters. The van der Waals surface area contributed by atoms with E-state index in [0.29, 0.717) is 5.69 Å². The van der Waals surface area contributed by atoms with Crippen LogP contribution < -0.4 is 0 Å². The highest BCUT2D eigenvalue weighted by Gasteiger charge is 2.14. The van der Waals surface area contributed by atoms with Gasteiger partial charge < -0.3 is 0 Å². The van der Waals surface area contributed by atoms with E-state index in [9.17, 15) is 8.42 Å². The van der Waals surface area contributed by atoms with E-state index in [2.05, 4.69) is 4.98 Å². The minimum absolute atomic E-state index is 0.108. The standard InChI is InChI=1S/C11H7Cl2NO2S/c12-10-6-9(17(13,15)16)7-14-11(10)8-4-2-1-3-5-8/h1-7H. The van der Waals surface area contributed by atoms with Crippen LogP contribution in [0.5, 0.6) is 0 Å². The molecule has 0 amide bonds. The molecular formula is C11H7Cl2NO2S. The third kappa shape index (κ3) is 2.77. The maximum Gasteiger partial charge on any atom is 0.262 e. The second-order valence-corrected chi connectivity index (χ2v) is 6.28. The zero-order valence-corrected chi connectivity index (χ0v) is 10.8. The van der Waals surface area contributed by atoms with E-state index in [-0.39, 0.29) is 9.92 Å². The molecule has 2 rings (SSSR count). The first kappa shape index (κ1) is 12.4. The van der Waals surface area contributed by atoms with Crippen LogP contribution >= 0.6 is 22.3 Å². The number of nitrogens with zero attached hydrogens (tertiary/aromatic N) is 1. The fourth-order valence-electron chi connectivity index (χ4n) is 1.36. The first-order chi connectivity index (χ1) is 7.98. The smallest absolute Gasteiger partial charge is 0.253 e. The van der Waals surface area contributed by atoms with Gasteiger partial charge in [0, 0.05) is 22.4 Å². The van der Waals surface area contributed by atoms with Crippen LogP contribution in [0.3, 0.4) is 0 Å². The van der Waals surface area contributed by atoms with E-state index in [4.69, 9.17) is 22.3 Å². The Balaban J connectivity index is 2.54. The monoisotopic (exact) mass is 287 g/mol. The number of hydrogen-bond acceptors (Lipinski definition) is 3. The van der Waals surface area contributed by atoms with Gasteiger partial charge in [-0.15, -0.1) is 0 Å². The highest BCUT2D eigenvalue weighted by molar-refractivity contribution is 8.13. The summed E-state index contributed by atoms with van der Waals surface area (Å²) in [5, 5.41) is 0.248.